The highest BCUT2D eigenvalue weighted by molar-refractivity contribution is 5.66. The topological polar surface area (TPSA) is 141 Å². The van der Waals surface area contributed by atoms with Crippen molar-refractivity contribution in [2.45, 2.75) is 50.1 Å². The van der Waals surface area contributed by atoms with Crippen LogP contribution in [0.1, 0.15) is 19.4 Å². The van der Waals surface area contributed by atoms with E-state index in [2.05, 4.69) is 5.32 Å². The Kier molecular flexibility index (Phi) is 5.25. The fourth-order valence-corrected chi connectivity index (χ4v) is 3.69. The van der Waals surface area contributed by atoms with Crippen molar-refractivity contribution in [1.82, 2.24) is 0 Å². The minimum Gasteiger partial charge on any atom is -0.508 e. The van der Waals surface area contributed by atoms with E-state index >= 15 is 0 Å². The van der Waals surface area contributed by atoms with Crippen LogP contribution in [0.15, 0.2) is 36.4 Å². The van der Waals surface area contributed by atoms with Crippen LogP contribution in [0.25, 0.3) is 0 Å². The predicted octanol–water partition coefficient (Wildman–Crippen LogP) is 1.02. The Balaban J connectivity index is 1.62. The van der Waals surface area contributed by atoms with E-state index in [0.29, 0.717) is 22.9 Å². The highest BCUT2D eigenvalue weighted by atomic mass is 16.7. The maximum atomic E-state index is 10.2. The van der Waals surface area contributed by atoms with Gasteiger partial charge in [0.15, 0.2) is 5.75 Å². The molecule has 2 heterocycles. The normalized spacial score (nSPS) is 29.6. The summed E-state index contributed by atoms with van der Waals surface area (Å²) >= 11 is 0. The monoisotopic (exact) mass is 419 g/mol. The Morgan fingerprint density at radius 1 is 1.00 bits per heavy atom. The molecule has 0 amide bonds. The summed E-state index contributed by atoms with van der Waals surface area (Å²) in [7, 11) is 0. The molecule has 2 aromatic rings. The molecule has 2 aliphatic heterocycles. The SMILES string of the molecule is CC1(C)Nc2cc(O)ccc2Oc2ccc(O[C@@H]3O[C@H](CO)[C@H](O)[C@H](O)[C@H]3O)cc21. The van der Waals surface area contributed by atoms with Gasteiger partial charge in [0.05, 0.1) is 17.8 Å². The van der Waals surface area contributed by atoms with Gasteiger partial charge in [-0.25, -0.2) is 0 Å². The Bertz CT molecular complexity index is 931. The van der Waals surface area contributed by atoms with Crippen molar-refractivity contribution in [3.8, 4) is 23.0 Å². The molecule has 4 rings (SSSR count). The minimum absolute atomic E-state index is 0.109. The Hall–Kier alpha value is -2.56. The van der Waals surface area contributed by atoms with Crippen LogP contribution in [0.2, 0.25) is 0 Å². The number of hydrogen-bond acceptors (Lipinski definition) is 9. The number of phenols is 1. The molecule has 0 radical (unpaired) electrons. The number of anilines is 1. The third-order valence-electron chi connectivity index (χ3n) is 5.36. The van der Waals surface area contributed by atoms with E-state index < -0.39 is 42.9 Å². The zero-order valence-electron chi connectivity index (χ0n) is 16.5. The predicted molar refractivity (Wildman–Crippen MR) is 106 cm³/mol. The molecule has 1 saturated heterocycles. The van der Waals surface area contributed by atoms with E-state index in [1.165, 1.54) is 6.07 Å². The first kappa shape index (κ1) is 20.7. The van der Waals surface area contributed by atoms with Crippen molar-refractivity contribution in [3.63, 3.8) is 0 Å². The van der Waals surface area contributed by atoms with Crippen LogP contribution in [0.5, 0.6) is 23.0 Å². The zero-order valence-corrected chi connectivity index (χ0v) is 16.5. The summed E-state index contributed by atoms with van der Waals surface area (Å²) in [5, 5.41) is 52.5. The van der Waals surface area contributed by atoms with Crippen molar-refractivity contribution < 1.29 is 39.7 Å². The first-order valence-corrected chi connectivity index (χ1v) is 9.60. The van der Waals surface area contributed by atoms with E-state index in [-0.39, 0.29) is 5.75 Å². The molecule has 0 bridgehead atoms. The summed E-state index contributed by atoms with van der Waals surface area (Å²) in [6.45, 7) is 3.34. The summed E-state index contributed by atoms with van der Waals surface area (Å²) < 4.78 is 17.2. The second-order valence-corrected chi connectivity index (χ2v) is 8.01. The van der Waals surface area contributed by atoms with Crippen molar-refractivity contribution >= 4 is 5.69 Å². The Labute approximate surface area is 173 Å². The summed E-state index contributed by atoms with van der Waals surface area (Å²) in [6.07, 6.45) is -6.82. The quantitative estimate of drug-likeness (QED) is 0.430. The number of hydrogen-bond donors (Lipinski definition) is 6. The number of aliphatic hydroxyl groups excluding tert-OH is 4. The van der Waals surface area contributed by atoms with Gasteiger partial charge in [-0.05, 0) is 44.2 Å². The maximum absolute atomic E-state index is 10.2. The second kappa shape index (κ2) is 7.60. The van der Waals surface area contributed by atoms with Gasteiger partial charge in [-0.2, -0.15) is 0 Å². The van der Waals surface area contributed by atoms with Crippen LogP contribution in [0.4, 0.5) is 5.69 Å². The Morgan fingerprint density at radius 2 is 1.73 bits per heavy atom. The van der Waals surface area contributed by atoms with E-state index in [0.717, 1.165) is 5.56 Å². The Morgan fingerprint density at radius 3 is 2.47 bits per heavy atom. The lowest BCUT2D eigenvalue weighted by Gasteiger charge is -2.39. The van der Waals surface area contributed by atoms with Crippen LogP contribution >= 0.6 is 0 Å². The third kappa shape index (κ3) is 3.66. The van der Waals surface area contributed by atoms with Crippen LogP contribution in [-0.2, 0) is 10.3 Å². The molecule has 30 heavy (non-hydrogen) atoms. The fourth-order valence-electron chi connectivity index (χ4n) is 3.69. The molecule has 0 aromatic heterocycles. The number of aromatic hydroxyl groups is 1. The van der Waals surface area contributed by atoms with Gasteiger partial charge in [-0.15, -0.1) is 0 Å². The highest BCUT2D eigenvalue weighted by Gasteiger charge is 2.45. The number of phenolic OH excluding ortho intramolecular Hbond substituents is 1. The number of nitrogens with one attached hydrogen (secondary N) is 1. The van der Waals surface area contributed by atoms with Gasteiger partial charge in [0.2, 0.25) is 6.29 Å². The van der Waals surface area contributed by atoms with Crippen molar-refractivity contribution in [2.24, 2.45) is 0 Å². The molecule has 6 N–H and O–H groups in total. The van der Waals surface area contributed by atoms with Crippen LogP contribution < -0.4 is 14.8 Å². The molecule has 1 fully saturated rings. The first-order chi connectivity index (χ1) is 14.2. The van der Waals surface area contributed by atoms with Gasteiger partial charge < -0.3 is 45.1 Å². The fraction of sp³-hybridized carbons (Fsp3) is 0.429. The van der Waals surface area contributed by atoms with Crippen molar-refractivity contribution in [3.05, 3.63) is 42.0 Å². The minimum atomic E-state index is -1.52. The lowest BCUT2D eigenvalue weighted by molar-refractivity contribution is -0.277. The average molecular weight is 419 g/mol. The van der Waals surface area contributed by atoms with E-state index in [4.69, 9.17) is 14.2 Å². The maximum Gasteiger partial charge on any atom is 0.229 e. The summed E-state index contributed by atoms with van der Waals surface area (Å²) in [5.74, 6) is 1.59. The largest absolute Gasteiger partial charge is 0.508 e. The van der Waals surface area contributed by atoms with Gasteiger partial charge in [0, 0.05) is 11.6 Å². The number of benzene rings is 2. The molecule has 0 saturated carbocycles. The molecular formula is C21H25NO8. The van der Waals surface area contributed by atoms with Crippen molar-refractivity contribution in [1.29, 1.82) is 0 Å². The smallest absolute Gasteiger partial charge is 0.229 e. The molecular weight excluding hydrogens is 394 g/mol. The molecule has 0 unspecified atom stereocenters. The van der Waals surface area contributed by atoms with E-state index in [9.17, 15) is 25.5 Å². The third-order valence-corrected chi connectivity index (χ3v) is 5.36. The first-order valence-electron chi connectivity index (χ1n) is 9.60. The van der Waals surface area contributed by atoms with E-state index in [1.807, 2.05) is 13.8 Å². The molecule has 0 spiro atoms. The van der Waals surface area contributed by atoms with Crippen LogP contribution in [0, 0.1) is 0 Å². The molecule has 2 aromatic carbocycles. The zero-order chi connectivity index (χ0) is 21.6. The summed E-state index contributed by atoms with van der Waals surface area (Å²) in [6, 6.07) is 9.84. The van der Waals surface area contributed by atoms with Gasteiger partial charge in [0.1, 0.15) is 41.7 Å². The molecule has 5 atom stereocenters. The molecule has 9 nitrogen and oxygen atoms in total. The van der Waals surface area contributed by atoms with Crippen LogP contribution in [0.3, 0.4) is 0 Å². The standard InChI is InChI=1S/C21H25NO8/c1-21(2)12-8-11(28-20-19(27)18(26)17(25)16(9-23)30-20)4-6-14(12)29-15-5-3-10(24)7-13(15)22-21/h3-8,16-20,22-27H,9H2,1-2H3/t16-,17+,18+,19-,20-/m1/s1. The summed E-state index contributed by atoms with van der Waals surface area (Å²) in [5.41, 5.74) is 0.774. The lowest BCUT2D eigenvalue weighted by atomic mass is 9.93. The van der Waals surface area contributed by atoms with Crippen LogP contribution in [-0.4, -0.2) is 62.8 Å². The number of fused-ring (bicyclic) bond motifs is 2. The summed E-state index contributed by atoms with van der Waals surface area (Å²) in [4.78, 5) is 0. The second-order valence-electron chi connectivity index (χ2n) is 8.01. The molecule has 2 aliphatic rings. The van der Waals surface area contributed by atoms with Crippen molar-refractivity contribution in [2.75, 3.05) is 11.9 Å². The number of rotatable bonds is 3. The van der Waals surface area contributed by atoms with Gasteiger partial charge >= 0.3 is 0 Å². The number of ether oxygens (including phenoxy) is 3. The van der Waals surface area contributed by atoms with E-state index in [1.54, 1.807) is 30.3 Å². The molecule has 9 heteroatoms. The number of aliphatic hydroxyl groups is 4. The average Bonchev–Trinajstić information content (AvgIpc) is 2.81. The van der Waals surface area contributed by atoms with Gasteiger partial charge in [-0.1, -0.05) is 0 Å². The highest BCUT2D eigenvalue weighted by Crippen LogP contribution is 2.45. The molecule has 0 aliphatic carbocycles. The van der Waals surface area contributed by atoms with Gasteiger partial charge in [0.25, 0.3) is 0 Å². The molecule has 162 valence electrons. The lowest BCUT2D eigenvalue weighted by Crippen LogP contribution is -2.60. The van der Waals surface area contributed by atoms with Gasteiger partial charge in [-0.3, -0.25) is 0 Å².